The van der Waals surface area contributed by atoms with E-state index < -0.39 is 0 Å². The summed E-state index contributed by atoms with van der Waals surface area (Å²) in [5.41, 5.74) is 1.39. The molecule has 1 aliphatic heterocycles. The van der Waals surface area contributed by atoms with Crippen LogP contribution in [-0.4, -0.2) is 28.1 Å². The smallest absolute Gasteiger partial charge is 0.229 e. The van der Waals surface area contributed by atoms with Gasteiger partial charge in [-0.25, -0.2) is 0 Å². The van der Waals surface area contributed by atoms with E-state index in [9.17, 15) is 9.59 Å². The second kappa shape index (κ2) is 5.81. The lowest BCUT2D eigenvalue weighted by Crippen LogP contribution is -2.28. The van der Waals surface area contributed by atoms with E-state index in [1.807, 2.05) is 0 Å². The van der Waals surface area contributed by atoms with Gasteiger partial charge in [0.05, 0.1) is 17.8 Å². The summed E-state index contributed by atoms with van der Waals surface area (Å²) in [5.74, 6) is -0.602. The highest BCUT2D eigenvalue weighted by Gasteiger charge is 2.35. The van der Waals surface area contributed by atoms with Crippen LogP contribution in [0.1, 0.15) is 6.42 Å². The number of nitrogens with zero attached hydrogens (tertiary/aromatic N) is 3. The molecule has 1 atom stereocenters. The fraction of sp³-hybridized carbons (Fsp3) is 0.267. The molecule has 6 nitrogen and oxygen atoms in total. The molecule has 1 saturated heterocycles. The summed E-state index contributed by atoms with van der Waals surface area (Å²) < 4.78 is 1.61. The molecule has 1 N–H and O–H groups in total. The molecular formula is C15H15ClN4O2. The topological polar surface area (TPSA) is 67.2 Å². The Hall–Kier alpha value is -2.34. The van der Waals surface area contributed by atoms with Gasteiger partial charge in [0.25, 0.3) is 0 Å². The maximum absolute atomic E-state index is 12.3. The number of anilines is 2. The minimum absolute atomic E-state index is 0.0614. The van der Waals surface area contributed by atoms with Crippen LogP contribution < -0.4 is 10.2 Å². The van der Waals surface area contributed by atoms with Crippen LogP contribution in [0.25, 0.3) is 0 Å². The van der Waals surface area contributed by atoms with Crippen LogP contribution in [0.5, 0.6) is 0 Å². The van der Waals surface area contributed by atoms with E-state index in [1.165, 1.54) is 0 Å². The SMILES string of the molecule is Cn1cc(NC(=O)[C@H]2CC(=O)N(c3ccc(Cl)cc3)C2)cn1. The molecule has 0 saturated carbocycles. The number of benzene rings is 1. The van der Waals surface area contributed by atoms with Gasteiger partial charge in [-0.15, -0.1) is 0 Å². The average Bonchev–Trinajstić information content (AvgIpc) is 3.06. The summed E-state index contributed by atoms with van der Waals surface area (Å²) in [6.45, 7) is 0.368. The lowest BCUT2D eigenvalue weighted by Gasteiger charge is -2.16. The molecule has 0 radical (unpaired) electrons. The predicted molar refractivity (Wildman–Crippen MR) is 83.7 cm³/mol. The van der Waals surface area contributed by atoms with E-state index in [4.69, 9.17) is 11.6 Å². The molecule has 22 heavy (non-hydrogen) atoms. The second-order valence-electron chi connectivity index (χ2n) is 5.27. The highest BCUT2D eigenvalue weighted by molar-refractivity contribution is 6.30. The molecular weight excluding hydrogens is 304 g/mol. The van der Waals surface area contributed by atoms with Gasteiger partial charge in [-0.1, -0.05) is 11.6 Å². The first-order valence-electron chi connectivity index (χ1n) is 6.88. The maximum atomic E-state index is 12.3. The minimum atomic E-state index is -0.372. The summed E-state index contributed by atoms with van der Waals surface area (Å²) in [6.07, 6.45) is 3.49. The molecule has 0 spiro atoms. The van der Waals surface area contributed by atoms with Gasteiger partial charge in [0.1, 0.15) is 0 Å². The van der Waals surface area contributed by atoms with Gasteiger partial charge in [0.15, 0.2) is 0 Å². The summed E-state index contributed by atoms with van der Waals surface area (Å²) in [7, 11) is 1.77. The molecule has 2 heterocycles. The van der Waals surface area contributed by atoms with E-state index in [-0.39, 0.29) is 24.2 Å². The van der Waals surface area contributed by atoms with Crippen molar-refractivity contribution in [1.82, 2.24) is 9.78 Å². The number of carbonyl (C=O) groups excluding carboxylic acids is 2. The fourth-order valence-electron chi connectivity index (χ4n) is 2.48. The Kier molecular flexibility index (Phi) is 3.85. The molecule has 0 bridgehead atoms. The first-order valence-corrected chi connectivity index (χ1v) is 7.26. The van der Waals surface area contributed by atoms with Gasteiger partial charge in [0.2, 0.25) is 11.8 Å². The molecule has 1 aromatic heterocycles. The minimum Gasteiger partial charge on any atom is -0.323 e. The number of nitrogens with one attached hydrogen (secondary N) is 1. The van der Waals surface area contributed by atoms with Crippen molar-refractivity contribution >= 4 is 34.8 Å². The zero-order valence-electron chi connectivity index (χ0n) is 12.0. The van der Waals surface area contributed by atoms with Crippen molar-refractivity contribution in [2.24, 2.45) is 13.0 Å². The largest absolute Gasteiger partial charge is 0.323 e. The van der Waals surface area contributed by atoms with Gasteiger partial charge < -0.3 is 10.2 Å². The monoisotopic (exact) mass is 318 g/mol. The van der Waals surface area contributed by atoms with Crippen molar-refractivity contribution in [2.75, 3.05) is 16.8 Å². The maximum Gasteiger partial charge on any atom is 0.229 e. The Bertz CT molecular complexity index is 711. The second-order valence-corrected chi connectivity index (χ2v) is 5.71. The molecule has 0 unspecified atom stereocenters. The first kappa shape index (κ1) is 14.6. The quantitative estimate of drug-likeness (QED) is 0.942. The first-order chi connectivity index (χ1) is 10.5. The normalized spacial score (nSPS) is 17.8. The lowest BCUT2D eigenvalue weighted by atomic mass is 10.1. The standard InChI is InChI=1S/C15H15ClN4O2/c1-19-9-12(7-17-19)18-15(22)10-6-14(21)20(8-10)13-4-2-11(16)3-5-13/h2-5,7,9-10H,6,8H2,1H3,(H,18,22)/t10-/m0/s1. The van der Waals surface area contributed by atoms with Crippen LogP contribution in [-0.2, 0) is 16.6 Å². The van der Waals surface area contributed by atoms with E-state index in [0.717, 1.165) is 5.69 Å². The number of aromatic nitrogens is 2. The predicted octanol–water partition coefficient (Wildman–Crippen LogP) is 2.07. The highest BCUT2D eigenvalue weighted by atomic mass is 35.5. The molecule has 114 valence electrons. The third-order valence-corrected chi connectivity index (χ3v) is 3.86. The zero-order chi connectivity index (χ0) is 15.7. The third kappa shape index (κ3) is 2.96. The summed E-state index contributed by atoms with van der Waals surface area (Å²) >= 11 is 5.85. The summed E-state index contributed by atoms with van der Waals surface area (Å²) in [4.78, 5) is 26.0. The van der Waals surface area contributed by atoms with E-state index in [0.29, 0.717) is 17.3 Å². The van der Waals surface area contributed by atoms with Crippen molar-refractivity contribution in [2.45, 2.75) is 6.42 Å². The van der Waals surface area contributed by atoms with Crippen LogP contribution in [0.4, 0.5) is 11.4 Å². The molecule has 1 aromatic carbocycles. The van der Waals surface area contributed by atoms with Gasteiger partial charge in [-0.3, -0.25) is 14.3 Å². The highest BCUT2D eigenvalue weighted by Crippen LogP contribution is 2.27. The van der Waals surface area contributed by atoms with Crippen molar-refractivity contribution < 1.29 is 9.59 Å². The molecule has 0 aliphatic carbocycles. The van der Waals surface area contributed by atoms with E-state index >= 15 is 0 Å². The Balaban J connectivity index is 1.68. The number of halogens is 1. The van der Waals surface area contributed by atoms with Gasteiger partial charge in [-0.2, -0.15) is 5.10 Å². The van der Waals surface area contributed by atoms with Crippen LogP contribution in [0, 0.1) is 5.92 Å². The number of hydrogen-bond donors (Lipinski definition) is 1. The van der Waals surface area contributed by atoms with Crippen molar-refractivity contribution in [3.05, 3.63) is 41.7 Å². The molecule has 1 aliphatic rings. The van der Waals surface area contributed by atoms with Crippen LogP contribution in [0.15, 0.2) is 36.7 Å². The molecule has 2 amide bonds. The number of aryl methyl sites for hydroxylation is 1. The van der Waals surface area contributed by atoms with E-state index in [1.54, 1.807) is 53.3 Å². The average molecular weight is 319 g/mol. The summed E-state index contributed by atoms with van der Waals surface area (Å²) in [5, 5.41) is 7.39. The van der Waals surface area contributed by atoms with E-state index in [2.05, 4.69) is 10.4 Å². The van der Waals surface area contributed by atoms with Crippen LogP contribution in [0.3, 0.4) is 0 Å². The fourth-order valence-corrected chi connectivity index (χ4v) is 2.61. The van der Waals surface area contributed by atoms with Crippen LogP contribution in [0.2, 0.25) is 5.02 Å². The molecule has 1 fully saturated rings. The van der Waals surface area contributed by atoms with Crippen molar-refractivity contribution in [3.63, 3.8) is 0 Å². The number of amides is 2. The Labute approximate surface area is 132 Å². The van der Waals surface area contributed by atoms with Gasteiger partial charge in [0, 0.05) is 36.9 Å². The Morgan fingerprint density at radius 3 is 2.73 bits per heavy atom. The lowest BCUT2D eigenvalue weighted by molar-refractivity contribution is -0.122. The van der Waals surface area contributed by atoms with Crippen molar-refractivity contribution in [1.29, 1.82) is 0 Å². The molecule has 7 heteroatoms. The number of rotatable bonds is 3. The Morgan fingerprint density at radius 1 is 1.36 bits per heavy atom. The number of hydrogen-bond acceptors (Lipinski definition) is 3. The van der Waals surface area contributed by atoms with Gasteiger partial charge >= 0.3 is 0 Å². The number of carbonyl (C=O) groups is 2. The molecule has 2 aromatic rings. The third-order valence-electron chi connectivity index (χ3n) is 3.61. The van der Waals surface area contributed by atoms with Crippen molar-refractivity contribution in [3.8, 4) is 0 Å². The molecule has 3 rings (SSSR count). The summed E-state index contributed by atoms with van der Waals surface area (Å²) in [6, 6.07) is 7.02. The zero-order valence-corrected chi connectivity index (χ0v) is 12.7. The van der Waals surface area contributed by atoms with Gasteiger partial charge in [-0.05, 0) is 24.3 Å². The Morgan fingerprint density at radius 2 is 2.09 bits per heavy atom. The van der Waals surface area contributed by atoms with Crippen LogP contribution >= 0.6 is 11.6 Å².